The third-order valence-corrected chi connectivity index (χ3v) is 4.72. The van der Waals surface area contributed by atoms with E-state index in [2.05, 4.69) is 0 Å². The molecule has 1 heterocycles. The van der Waals surface area contributed by atoms with Crippen LogP contribution in [0.2, 0.25) is 0 Å². The average Bonchev–Trinajstić information content (AvgIpc) is 2.74. The number of carbonyl (C=O) groups excluding carboxylic acids is 2. The van der Waals surface area contributed by atoms with Gasteiger partial charge in [0.15, 0.2) is 5.78 Å². The summed E-state index contributed by atoms with van der Waals surface area (Å²) in [5, 5.41) is 0. The summed E-state index contributed by atoms with van der Waals surface area (Å²) < 4.78 is 25.0. The predicted molar refractivity (Wildman–Crippen MR) is 78.1 cm³/mol. The average molecular weight is 335 g/mol. The Hall–Kier alpha value is -2.34. The first-order valence-electron chi connectivity index (χ1n) is 6.58. The molecule has 2 aromatic carbocycles. The lowest BCUT2D eigenvalue weighted by Gasteiger charge is -2.27. The zero-order chi connectivity index (χ0) is 16.8. The van der Waals surface area contributed by atoms with Crippen molar-refractivity contribution in [1.29, 1.82) is 0 Å². The molecular weight excluding hydrogens is 324 g/mol. The van der Waals surface area contributed by atoms with Crippen LogP contribution in [0, 0.1) is 5.82 Å². The summed E-state index contributed by atoms with van der Waals surface area (Å²) in [7, 11) is -4.90. The van der Waals surface area contributed by atoms with Gasteiger partial charge >= 0.3 is 7.60 Å². The van der Waals surface area contributed by atoms with E-state index in [9.17, 15) is 28.3 Å². The van der Waals surface area contributed by atoms with Gasteiger partial charge in [0.25, 0.3) is 11.8 Å². The Morgan fingerprint density at radius 2 is 1.39 bits per heavy atom. The van der Waals surface area contributed by atoms with Gasteiger partial charge in [-0.3, -0.25) is 19.1 Å². The van der Waals surface area contributed by atoms with E-state index in [1.165, 1.54) is 12.1 Å². The van der Waals surface area contributed by atoms with E-state index in [-0.39, 0.29) is 16.7 Å². The van der Waals surface area contributed by atoms with E-state index in [4.69, 9.17) is 0 Å². The monoisotopic (exact) mass is 335 g/mol. The number of hydrogen-bond donors (Lipinski definition) is 2. The molecule has 0 spiro atoms. The molecule has 2 aromatic rings. The number of halogens is 1. The van der Waals surface area contributed by atoms with Crippen molar-refractivity contribution in [2.45, 2.75) is 5.78 Å². The van der Waals surface area contributed by atoms with E-state index in [0.717, 1.165) is 24.3 Å². The third-order valence-electron chi connectivity index (χ3n) is 3.56. The van der Waals surface area contributed by atoms with E-state index in [0.29, 0.717) is 4.90 Å². The molecule has 2 N–H and O–H groups in total. The van der Waals surface area contributed by atoms with Crippen LogP contribution in [-0.2, 0) is 4.57 Å². The van der Waals surface area contributed by atoms with Crippen LogP contribution >= 0.6 is 7.60 Å². The molecule has 8 heteroatoms. The number of nitrogens with zero attached hydrogens (tertiary/aromatic N) is 1. The maximum Gasteiger partial charge on any atom is 0.352 e. The molecule has 6 nitrogen and oxygen atoms in total. The standard InChI is InChI=1S/C15H11FNO5P/c16-10-7-5-9(6-8-10)15(23(20,21)22)17-13(18)11-3-1-2-4-12(11)14(17)19/h1-8,15H,(H2,20,21,22)/t15-/m0/s1. The number of benzene rings is 2. The van der Waals surface area contributed by atoms with Crippen LogP contribution in [0.4, 0.5) is 4.39 Å². The molecule has 0 unspecified atom stereocenters. The number of rotatable bonds is 3. The van der Waals surface area contributed by atoms with Crippen LogP contribution in [-0.4, -0.2) is 26.5 Å². The van der Waals surface area contributed by atoms with Gasteiger partial charge in [-0.2, -0.15) is 0 Å². The Bertz CT molecular complexity index is 810. The van der Waals surface area contributed by atoms with E-state index in [1.54, 1.807) is 12.1 Å². The molecular formula is C15H11FNO5P. The zero-order valence-corrected chi connectivity index (χ0v) is 12.5. The summed E-state index contributed by atoms with van der Waals surface area (Å²) in [4.78, 5) is 44.7. The number of amides is 2. The largest absolute Gasteiger partial charge is 0.352 e. The van der Waals surface area contributed by atoms with Crippen molar-refractivity contribution in [3.63, 3.8) is 0 Å². The van der Waals surface area contributed by atoms with Gasteiger partial charge in [-0.05, 0) is 29.8 Å². The second-order valence-corrected chi connectivity index (χ2v) is 6.71. The lowest BCUT2D eigenvalue weighted by Crippen LogP contribution is -2.34. The van der Waals surface area contributed by atoms with Gasteiger partial charge in [0, 0.05) is 0 Å². The Morgan fingerprint density at radius 3 is 1.83 bits per heavy atom. The van der Waals surface area contributed by atoms with Gasteiger partial charge in [-0.25, -0.2) is 4.39 Å². The highest BCUT2D eigenvalue weighted by atomic mass is 31.2. The molecule has 0 aromatic heterocycles. The van der Waals surface area contributed by atoms with Crippen molar-refractivity contribution in [2.24, 2.45) is 0 Å². The summed E-state index contributed by atoms with van der Waals surface area (Å²) in [6.45, 7) is 0. The fraction of sp³-hybridized carbons (Fsp3) is 0.0667. The first-order valence-corrected chi connectivity index (χ1v) is 8.26. The smallest absolute Gasteiger partial charge is 0.323 e. The van der Waals surface area contributed by atoms with Gasteiger partial charge in [0.2, 0.25) is 0 Å². The quantitative estimate of drug-likeness (QED) is 0.663. The molecule has 1 aliphatic rings. The number of imide groups is 1. The molecule has 0 radical (unpaired) electrons. The molecule has 0 aliphatic carbocycles. The topological polar surface area (TPSA) is 94.9 Å². The molecule has 0 saturated heterocycles. The lowest BCUT2D eigenvalue weighted by atomic mass is 10.1. The minimum Gasteiger partial charge on any atom is -0.323 e. The fourth-order valence-electron chi connectivity index (χ4n) is 2.56. The normalized spacial score (nSPS) is 15.7. The van der Waals surface area contributed by atoms with Gasteiger partial charge in [-0.15, -0.1) is 0 Å². The summed E-state index contributed by atoms with van der Waals surface area (Å²) in [5.74, 6) is -3.97. The summed E-state index contributed by atoms with van der Waals surface area (Å²) >= 11 is 0. The summed E-state index contributed by atoms with van der Waals surface area (Å²) in [5.41, 5.74) is 0.144. The fourth-order valence-corrected chi connectivity index (χ4v) is 3.63. The SMILES string of the molecule is O=C1c2ccccc2C(=O)N1[C@H](c1ccc(F)cc1)P(=O)(O)O. The van der Waals surface area contributed by atoms with Crippen LogP contribution in [0.25, 0.3) is 0 Å². The Labute approximate surface area is 130 Å². The maximum atomic E-state index is 13.1. The highest BCUT2D eigenvalue weighted by molar-refractivity contribution is 7.52. The van der Waals surface area contributed by atoms with Crippen molar-refractivity contribution in [2.75, 3.05) is 0 Å². The van der Waals surface area contributed by atoms with Gasteiger partial charge in [0.1, 0.15) is 5.82 Å². The Balaban J connectivity index is 2.13. The summed E-state index contributed by atoms with van der Waals surface area (Å²) in [6.07, 6.45) is 0. The number of fused-ring (bicyclic) bond motifs is 1. The van der Waals surface area contributed by atoms with Crippen molar-refractivity contribution in [3.05, 3.63) is 71.0 Å². The minimum absolute atomic E-state index is 0.0192. The molecule has 0 saturated carbocycles. The van der Waals surface area contributed by atoms with Crippen molar-refractivity contribution in [3.8, 4) is 0 Å². The molecule has 118 valence electrons. The molecule has 23 heavy (non-hydrogen) atoms. The van der Waals surface area contributed by atoms with Crippen LogP contribution in [0.15, 0.2) is 48.5 Å². The molecule has 2 amide bonds. The molecule has 3 rings (SSSR count). The minimum atomic E-state index is -4.90. The summed E-state index contributed by atoms with van der Waals surface area (Å²) in [6, 6.07) is 10.2. The highest BCUT2D eigenvalue weighted by Gasteiger charge is 2.47. The lowest BCUT2D eigenvalue weighted by molar-refractivity contribution is 0.0612. The van der Waals surface area contributed by atoms with E-state index < -0.39 is 31.0 Å². The second-order valence-electron chi connectivity index (χ2n) is 5.04. The van der Waals surface area contributed by atoms with Gasteiger partial charge in [-0.1, -0.05) is 24.3 Å². The first-order chi connectivity index (χ1) is 10.8. The third kappa shape index (κ3) is 2.59. The molecule has 0 fully saturated rings. The van der Waals surface area contributed by atoms with Crippen LogP contribution < -0.4 is 0 Å². The number of hydrogen-bond acceptors (Lipinski definition) is 3. The second kappa shape index (κ2) is 5.38. The van der Waals surface area contributed by atoms with Gasteiger partial charge in [0.05, 0.1) is 11.1 Å². The molecule has 0 bridgehead atoms. The van der Waals surface area contributed by atoms with Crippen molar-refractivity contribution >= 4 is 19.4 Å². The predicted octanol–water partition coefficient (Wildman–Crippen LogP) is 2.30. The van der Waals surface area contributed by atoms with Crippen molar-refractivity contribution < 1.29 is 28.3 Å². The highest BCUT2D eigenvalue weighted by Crippen LogP contribution is 2.55. The molecule has 1 atom stereocenters. The Morgan fingerprint density at radius 1 is 0.913 bits per heavy atom. The van der Waals surface area contributed by atoms with E-state index >= 15 is 0 Å². The van der Waals surface area contributed by atoms with E-state index in [1.807, 2.05) is 0 Å². The van der Waals surface area contributed by atoms with Gasteiger partial charge < -0.3 is 9.79 Å². The maximum absolute atomic E-state index is 13.1. The van der Waals surface area contributed by atoms with Crippen LogP contribution in [0.1, 0.15) is 32.1 Å². The Kier molecular flexibility index (Phi) is 3.64. The van der Waals surface area contributed by atoms with Crippen molar-refractivity contribution in [1.82, 2.24) is 4.90 Å². The number of carbonyl (C=O) groups is 2. The first kappa shape index (κ1) is 15.6. The zero-order valence-electron chi connectivity index (χ0n) is 11.6. The van der Waals surface area contributed by atoms with Crippen LogP contribution in [0.3, 0.4) is 0 Å². The molecule has 1 aliphatic heterocycles. The van der Waals surface area contributed by atoms with Crippen LogP contribution in [0.5, 0.6) is 0 Å².